The molecule has 0 aliphatic carbocycles. The average molecular weight is 447 g/mol. The van der Waals surface area contributed by atoms with E-state index >= 15 is 0 Å². The summed E-state index contributed by atoms with van der Waals surface area (Å²) in [6, 6.07) is 22.4. The van der Waals surface area contributed by atoms with Crippen molar-refractivity contribution < 1.29 is 4.79 Å². The van der Waals surface area contributed by atoms with Crippen LogP contribution in [0.5, 0.6) is 0 Å². The molecule has 0 spiro atoms. The maximum Gasteiger partial charge on any atom is 0.276 e. The summed E-state index contributed by atoms with van der Waals surface area (Å²) in [6.07, 6.45) is 1.73. The smallest absolute Gasteiger partial charge is 0.276 e. The lowest BCUT2D eigenvalue weighted by atomic mass is 10.1. The Morgan fingerprint density at radius 1 is 0.968 bits per heavy atom. The van der Waals surface area contributed by atoms with Crippen molar-refractivity contribution in [2.24, 2.45) is 0 Å². The average Bonchev–Trinajstić information content (AvgIpc) is 3.12. The van der Waals surface area contributed by atoms with E-state index in [1.165, 1.54) is 0 Å². The van der Waals surface area contributed by atoms with Crippen LogP contribution in [0.2, 0.25) is 10.0 Å². The molecule has 5 aromatic rings. The molecule has 0 fully saturated rings. The fourth-order valence-corrected chi connectivity index (χ4v) is 4.02. The van der Waals surface area contributed by atoms with Crippen LogP contribution in [0.3, 0.4) is 0 Å². The lowest BCUT2D eigenvalue weighted by Crippen LogP contribution is -2.13. The Morgan fingerprint density at radius 3 is 2.61 bits per heavy atom. The molecule has 1 N–H and O–H groups in total. The number of halogens is 2. The number of rotatable bonds is 4. The van der Waals surface area contributed by atoms with E-state index in [-0.39, 0.29) is 5.91 Å². The van der Waals surface area contributed by atoms with E-state index in [1.807, 2.05) is 60.7 Å². The van der Waals surface area contributed by atoms with Gasteiger partial charge in [0, 0.05) is 32.7 Å². The molecule has 0 unspecified atom stereocenters. The number of carbonyl (C=O) groups excluding carboxylic acids is 1. The van der Waals surface area contributed by atoms with E-state index in [4.69, 9.17) is 23.2 Å². The molecule has 0 bridgehead atoms. The molecule has 0 aliphatic rings. The van der Waals surface area contributed by atoms with Crippen LogP contribution >= 0.6 is 23.2 Å². The molecule has 5 nitrogen and oxygen atoms in total. The number of carbonyl (C=O) groups is 1. The number of aromatic nitrogens is 3. The molecule has 2 heterocycles. The van der Waals surface area contributed by atoms with Crippen LogP contribution in [0.1, 0.15) is 16.1 Å². The van der Waals surface area contributed by atoms with E-state index < -0.39 is 0 Å². The van der Waals surface area contributed by atoms with Gasteiger partial charge in [-0.15, -0.1) is 0 Å². The standard InChI is InChI=1S/C24H16Cl2N4O/c25-17-9-8-16(20(26)12-17)14-30-22-11-15-5-4-10-27-21(15)13-19(22)23(29-30)24(31)28-18-6-2-1-3-7-18/h1-13H,14H2,(H,28,31). The molecular formula is C24H16Cl2N4O. The molecule has 2 aromatic heterocycles. The van der Waals surface area contributed by atoms with E-state index in [2.05, 4.69) is 15.4 Å². The van der Waals surface area contributed by atoms with Gasteiger partial charge < -0.3 is 5.32 Å². The summed E-state index contributed by atoms with van der Waals surface area (Å²) in [4.78, 5) is 17.5. The largest absolute Gasteiger partial charge is 0.321 e. The fraction of sp³-hybridized carbons (Fsp3) is 0.0417. The van der Waals surface area contributed by atoms with Gasteiger partial charge in [0.15, 0.2) is 5.69 Å². The number of fused-ring (bicyclic) bond motifs is 2. The van der Waals surface area contributed by atoms with Crippen LogP contribution in [-0.4, -0.2) is 20.7 Å². The van der Waals surface area contributed by atoms with Crippen molar-refractivity contribution >= 4 is 56.6 Å². The minimum absolute atomic E-state index is 0.285. The summed E-state index contributed by atoms with van der Waals surface area (Å²) in [6.45, 7) is 0.400. The molecule has 1 amide bonds. The third-order valence-corrected chi connectivity index (χ3v) is 5.64. The predicted octanol–water partition coefficient (Wildman–Crippen LogP) is 6.19. The number of hydrogen-bond donors (Lipinski definition) is 1. The second-order valence-electron chi connectivity index (χ2n) is 7.13. The summed E-state index contributed by atoms with van der Waals surface area (Å²) < 4.78 is 1.79. The van der Waals surface area contributed by atoms with Gasteiger partial charge in [-0.2, -0.15) is 5.10 Å². The van der Waals surface area contributed by atoms with Gasteiger partial charge in [0.2, 0.25) is 0 Å². The molecule has 0 saturated heterocycles. The summed E-state index contributed by atoms with van der Waals surface area (Å²) in [5, 5.41) is 10.4. The van der Waals surface area contributed by atoms with Crippen molar-refractivity contribution in [2.45, 2.75) is 6.54 Å². The van der Waals surface area contributed by atoms with Gasteiger partial charge in [0.1, 0.15) is 0 Å². The van der Waals surface area contributed by atoms with Gasteiger partial charge in [-0.25, -0.2) is 0 Å². The zero-order chi connectivity index (χ0) is 21.4. The van der Waals surface area contributed by atoms with Crippen LogP contribution in [0.15, 0.2) is 79.0 Å². The molecule has 3 aromatic carbocycles. The number of para-hydroxylation sites is 1. The van der Waals surface area contributed by atoms with Crippen molar-refractivity contribution in [3.63, 3.8) is 0 Å². The van der Waals surface area contributed by atoms with Gasteiger partial charge in [0.05, 0.1) is 17.6 Å². The SMILES string of the molecule is O=C(Nc1ccccc1)c1nn(Cc2ccc(Cl)cc2Cl)c2cc3cccnc3cc12. The summed E-state index contributed by atoms with van der Waals surface area (Å²) >= 11 is 12.4. The Hall–Kier alpha value is -3.41. The van der Waals surface area contributed by atoms with E-state index in [9.17, 15) is 4.79 Å². The lowest BCUT2D eigenvalue weighted by Gasteiger charge is -2.07. The van der Waals surface area contributed by atoms with Gasteiger partial charge in [-0.3, -0.25) is 14.5 Å². The highest BCUT2D eigenvalue weighted by Gasteiger charge is 2.19. The van der Waals surface area contributed by atoms with E-state index in [0.29, 0.717) is 28.0 Å². The highest BCUT2D eigenvalue weighted by Crippen LogP contribution is 2.28. The molecule has 0 aliphatic heterocycles. The molecule has 7 heteroatoms. The number of anilines is 1. The van der Waals surface area contributed by atoms with Crippen molar-refractivity contribution in [1.82, 2.24) is 14.8 Å². The van der Waals surface area contributed by atoms with Gasteiger partial charge >= 0.3 is 0 Å². The number of pyridine rings is 1. The Kier molecular flexibility index (Phi) is 5.06. The Balaban J connectivity index is 1.64. The van der Waals surface area contributed by atoms with Gasteiger partial charge in [-0.05, 0) is 48.0 Å². The minimum atomic E-state index is -0.285. The van der Waals surface area contributed by atoms with Crippen molar-refractivity contribution in [3.8, 4) is 0 Å². The lowest BCUT2D eigenvalue weighted by molar-refractivity contribution is 0.102. The number of amides is 1. The second kappa shape index (κ2) is 8.02. The van der Waals surface area contributed by atoms with Crippen molar-refractivity contribution in [1.29, 1.82) is 0 Å². The van der Waals surface area contributed by atoms with Crippen molar-refractivity contribution in [2.75, 3.05) is 5.32 Å². The maximum absolute atomic E-state index is 13.1. The summed E-state index contributed by atoms with van der Waals surface area (Å²) in [5.74, 6) is -0.285. The zero-order valence-corrected chi connectivity index (χ0v) is 17.7. The van der Waals surface area contributed by atoms with E-state index in [0.717, 1.165) is 27.4 Å². The fourth-order valence-electron chi connectivity index (χ4n) is 3.55. The number of hydrogen-bond acceptors (Lipinski definition) is 3. The predicted molar refractivity (Wildman–Crippen MR) is 125 cm³/mol. The van der Waals surface area contributed by atoms with Crippen LogP contribution in [0.25, 0.3) is 21.8 Å². The Labute approximate surface area is 188 Å². The Morgan fingerprint density at radius 2 is 1.81 bits per heavy atom. The summed E-state index contributed by atoms with van der Waals surface area (Å²) in [5.41, 5.74) is 3.51. The van der Waals surface area contributed by atoms with Gasteiger partial charge in [0.25, 0.3) is 5.91 Å². The first-order valence-electron chi connectivity index (χ1n) is 9.64. The van der Waals surface area contributed by atoms with Crippen LogP contribution in [-0.2, 0) is 6.54 Å². The molecule has 0 radical (unpaired) electrons. The molecule has 152 valence electrons. The molecule has 0 saturated carbocycles. The molecular weight excluding hydrogens is 431 g/mol. The quantitative estimate of drug-likeness (QED) is 0.357. The first kappa shape index (κ1) is 19.5. The monoisotopic (exact) mass is 446 g/mol. The zero-order valence-electron chi connectivity index (χ0n) is 16.2. The number of benzene rings is 3. The van der Waals surface area contributed by atoms with Crippen LogP contribution in [0, 0.1) is 0 Å². The topological polar surface area (TPSA) is 59.8 Å². The summed E-state index contributed by atoms with van der Waals surface area (Å²) in [7, 11) is 0. The highest BCUT2D eigenvalue weighted by atomic mass is 35.5. The highest BCUT2D eigenvalue weighted by molar-refractivity contribution is 6.35. The minimum Gasteiger partial charge on any atom is -0.321 e. The third kappa shape index (κ3) is 3.85. The molecule has 0 atom stereocenters. The number of nitrogens with zero attached hydrogens (tertiary/aromatic N) is 3. The molecule has 5 rings (SSSR count). The van der Waals surface area contributed by atoms with Crippen LogP contribution in [0.4, 0.5) is 5.69 Å². The van der Waals surface area contributed by atoms with Crippen LogP contribution < -0.4 is 5.32 Å². The third-order valence-electron chi connectivity index (χ3n) is 5.06. The first-order valence-corrected chi connectivity index (χ1v) is 10.4. The van der Waals surface area contributed by atoms with Crippen molar-refractivity contribution in [3.05, 3.63) is 100 Å². The maximum atomic E-state index is 13.1. The number of nitrogens with one attached hydrogen (secondary N) is 1. The molecule has 31 heavy (non-hydrogen) atoms. The Bertz CT molecular complexity index is 1430. The second-order valence-corrected chi connectivity index (χ2v) is 7.97. The normalized spacial score (nSPS) is 11.2. The van der Waals surface area contributed by atoms with E-state index in [1.54, 1.807) is 23.0 Å². The van der Waals surface area contributed by atoms with Gasteiger partial charge in [-0.1, -0.05) is 53.5 Å². The first-order chi connectivity index (χ1) is 15.1.